The third-order valence-electron chi connectivity index (χ3n) is 5.04. The highest BCUT2D eigenvalue weighted by molar-refractivity contribution is 7.98. The van der Waals surface area contributed by atoms with Crippen LogP contribution in [0.3, 0.4) is 0 Å². The Morgan fingerprint density at radius 3 is 1.88 bits per heavy atom. The number of nitrogens with one attached hydrogen (secondary N) is 3. The molecule has 0 heterocycles. The predicted molar refractivity (Wildman–Crippen MR) is 123 cm³/mol. The number of hydrogen-bond acceptors (Lipinski definition) is 8. The first-order chi connectivity index (χ1) is 15.8. The largest absolute Gasteiger partial charge is 0.481 e. The minimum Gasteiger partial charge on any atom is -0.481 e. The summed E-state index contributed by atoms with van der Waals surface area (Å²) in [6.07, 6.45) is 0.924. The van der Waals surface area contributed by atoms with E-state index in [4.69, 9.17) is 15.9 Å². The molecule has 0 aromatic rings. The second kappa shape index (κ2) is 15.9. The number of carboxylic acid groups (broad SMARTS) is 3. The van der Waals surface area contributed by atoms with Crippen molar-refractivity contribution in [1.29, 1.82) is 0 Å². The molecule has 3 amide bonds. The van der Waals surface area contributed by atoms with Crippen LogP contribution in [-0.4, -0.2) is 87.1 Å². The Labute approximate surface area is 201 Å². The van der Waals surface area contributed by atoms with E-state index in [2.05, 4.69) is 16.0 Å². The average Bonchev–Trinajstić information content (AvgIpc) is 2.76. The molecule has 194 valence electrons. The van der Waals surface area contributed by atoms with Gasteiger partial charge in [-0.2, -0.15) is 11.8 Å². The number of rotatable bonds is 17. The normalized spacial score (nSPS) is 15.2. The number of carboxylic acids is 3. The topological polar surface area (TPSA) is 225 Å². The number of aliphatic carboxylic acids is 3. The SMILES string of the molecule is CCC(C)C(NC(=O)C(CCSC)NC(=O)C(CC(=O)O)NC(=O)C(N)CCC(=O)O)C(=O)O. The summed E-state index contributed by atoms with van der Waals surface area (Å²) in [5, 5.41) is 34.2. The van der Waals surface area contributed by atoms with Crippen molar-refractivity contribution in [2.75, 3.05) is 12.0 Å². The molecule has 5 unspecified atom stereocenters. The van der Waals surface area contributed by atoms with Crippen LogP contribution in [0.5, 0.6) is 0 Å². The Kier molecular flexibility index (Phi) is 14.5. The van der Waals surface area contributed by atoms with Crippen LogP contribution in [0.1, 0.15) is 46.0 Å². The van der Waals surface area contributed by atoms with E-state index >= 15 is 0 Å². The summed E-state index contributed by atoms with van der Waals surface area (Å²) in [6.45, 7) is 3.42. The number of nitrogens with two attached hydrogens (primary N) is 1. The highest BCUT2D eigenvalue weighted by Crippen LogP contribution is 2.10. The van der Waals surface area contributed by atoms with Gasteiger partial charge in [0.15, 0.2) is 0 Å². The van der Waals surface area contributed by atoms with Crippen molar-refractivity contribution in [3.05, 3.63) is 0 Å². The van der Waals surface area contributed by atoms with Crippen LogP contribution < -0.4 is 21.7 Å². The minimum atomic E-state index is -1.59. The first kappa shape index (κ1) is 31.1. The molecule has 34 heavy (non-hydrogen) atoms. The molecule has 0 aromatic heterocycles. The summed E-state index contributed by atoms with van der Waals surface area (Å²) >= 11 is 1.38. The Morgan fingerprint density at radius 1 is 0.853 bits per heavy atom. The molecule has 13 nitrogen and oxygen atoms in total. The lowest BCUT2D eigenvalue weighted by Crippen LogP contribution is -2.58. The van der Waals surface area contributed by atoms with Gasteiger partial charge in [-0.1, -0.05) is 20.3 Å². The molecule has 8 N–H and O–H groups in total. The zero-order valence-electron chi connectivity index (χ0n) is 19.4. The van der Waals surface area contributed by atoms with Crippen molar-refractivity contribution in [1.82, 2.24) is 16.0 Å². The maximum absolute atomic E-state index is 12.8. The van der Waals surface area contributed by atoms with Gasteiger partial charge in [0.2, 0.25) is 17.7 Å². The number of thioether (sulfide) groups is 1. The standard InChI is InChI=1S/C20H34N4O9S/c1-4-10(2)16(20(32)33)24-18(30)12(7-8-34-3)22-19(31)13(9-15(27)28)23-17(29)11(21)5-6-14(25)26/h10-13,16H,4-9,21H2,1-3H3,(H,22,31)(H,23,29)(H,24,30)(H,25,26)(H,27,28)(H,32,33). The average molecular weight is 507 g/mol. The molecule has 14 heteroatoms. The van der Waals surface area contributed by atoms with E-state index in [0.717, 1.165) is 0 Å². The maximum Gasteiger partial charge on any atom is 0.326 e. The fourth-order valence-electron chi connectivity index (χ4n) is 2.79. The summed E-state index contributed by atoms with van der Waals surface area (Å²) in [5.74, 6) is -6.43. The first-order valence-corrected chi connectivity index (χ1v) is 12.0. The molecule has 0 saturated carbocycles. The van der Waals surface area contributed by atoms with E-state index in [0.29, 0.717) is 12.2 Å². The summed E-state index contributed by atoms with van der Waals surface area (Å²) in [7, 11) is 0. The fourth-order valence-corrected chi connectivity index (χ4v) is 3.26. The van der Waals surface area contributed by atoms with Crippen LogP contribution in [0.25, 0.3) is 0 Å². The van der Waals surface area contributed by atoms with Crippen molar-refractivity contribution >= 4 is 47.4 Å². The van der Waals surface area contributed by atoms with Crippen molar-refractivity contribution in [2.24, 2.45) is 11.7 Å². The predicted octanol–water partition coefficient (Wildman–Crippen LogP) is -1.01. The van der Waals surface area contributed by atoms with Crippen molar-refractivity contribution in [3.8, 4) is 0 Å². The molecule has 0 aliphatic carbocycles. The van der Waals surface area contributed by atoms with Gasteiger partial charge < -0.3 is 37.0 Å². The van der Waals surface area contributed by atoms with Gasteiger partial charge in [-0.05, 0) is 30.8 Å². The zero-order chi connectivity index (χ0) is 26.4. The van der Waals surface area contributed by atoms with E-state index in [9.17, 15) is 33.9 Å². The van der Waals surface area contributed by atoms with Crippen molar-refractivity contribution in [3.63, 3.8) is 0 Å². The van der Waals surface area contributed by atoms with Gasteiger partial charge in [-0.3, -0.25) is 24.0 Å². The van der Waals surface area contributed by atoms with Gasteiger partial charge in [0, 0.05) is 6.42 Å². The third-order valence-corrected chi connectivity index (χ3v) is 5.68. The molecule has 0 rings (SSSR count). The van der Waals surface area contributed by atoms with E-state index in [-0.39, 0.29) is 18.8 Å². The Morgan fingerprint density at radius 2 is 1.41 bits per heavy atom. The van der Waals surface area contributed by atoms with Crippen molar-refractivity contribution in [2.45, 2.75) is 70.1 Å². The van der Waals surface area contributed by atoms with Gasteiger partial charge in [0.25, 0.3) is 0 Å². The second-order valence-corrected chi connectivity index (χ2v) is 8.74. The Bertz CT molecular complexity index is 750. The highest BCUT2D eigenvalue weighted by atomic mass is 32.2. The summed E-state index contributed by atoms with van der Waals surface area (Å²) < 4.78 is 0. The van der Waals surface area contributed by atoms with Crippen LogP contribution in [0.2, 0.25) is 0 Å². The molecule has 0 aliphatic heterocycles. The third kappa shape index (κ3) is 11.8. The van der Waals surface area contributed by atoms with Crippen LogP contribution in [0.15, 0.2) is 0 Å². The van der Waals surface area contributed by atoms with E-state index in [1.54, 1.807) is 20.1 Å². The lowest BCUT2D eigenvalue weighted by molar-refractivity contribution is -0.144. The van der Waals surface area contributed by atoms with Crippen LogP contribution in [0.4, 0.5) is 0 Å². The molecule has 0 fully saturated rings. The first-order valence-electron chi connectivity index (χ1n) is 10.7. The maximum atomic E-state index is 12.8. The monoisotopic (exact) mass is 506 g/mol. The van der Waals surface area contributed by atoms with Gasteiger partial charge in [-0.15, -0.1) is 0 Å². The molecule has 0 spiro atoms. The lowest BCUT2D eigenvalue weighted by Gasteiger charge is -2.26. The molecule has 5 atom stereocenters. The van der Waals surface area contributed by atoms with E-state index < -0.39 is 72.6 Å². The van der Waals surface area contributed by atoms with E-state index in [1.807, 2.05) is 0 Å². The number of hydrogen-bond donors (Lipinski definition) is 7. The Hall–Kier alpha value is -2.87. The number of amides is 3. The van der Waals surface area contributed by atoms with Crippen molar-refractivity contribution < 1.29 is 44.1 Å². The Balaban J connectivity index is 5.50. The quantitative estimate of drug-likeness (QED) is 0.126. The molecule has 0 aliphatic rings. The molecule has 0 aromatic carbocycles. The van der Waals surface area contributed by atoms with Gasteiger partial charge >= 0.3 is 17.9 Å². The summed E-state index contributed by atoms with van der Waals surface area (Å²) in [6, 6.07) is -5.24. The van der Waals surface area contributed by atoms with Crippen LogP contribution in [0, 0.1) is 5.92 Å². The number of carbonyl (C=O) groups excluding carboxylic acids is 3. The molecule has 0 bridgehead atoms. The van der Waals surface area contributed by atoms with Gasteiger partial charge in [-0.25, -0.2) is 4.79 Å². The highest BCUT2D eigenvalue weighted by Gasteiger charge is 2.32. The zero-order valence-corrected chi connectivity index (χ0v) is 20.2. The fraction of sp³-hybridized carbons (Fsp3) is 0.700. The number of carbonyl (C=O) groups is 6. The molecular formula is C20H34N4O9S. The molecule has 0 radical (unpaired) electrons. The van der Waals surface area contributed by atoms with Crippen LogP contribution in [-0.2, 0) is 28.8 Å². The molecular weight excluding hydrogens is 472 g/mol. The summed E-state index contributed by atoms with van der Waals surface area (Å²) in [5.41, 5.74) is 5.61. The van der Waals surface area contributed by atoms with E-state index in [1.165, 1.54) is 11.8 Å². The van der Waals surface area contributed by atoms with Gasteiger partial charge in [0.05, 0.1) is 12.5 Å². The van der Waals surface area contributed by atoms with Gasteiger partial charge in [0.1, 0.15) is 18.1 Å². The summed E-state index contributed by atoms with van der Waals surface area (Å²) in [4.78, 5) is 71.1. The smallest absolute Gasteiger partial charge is 0.326 e. The molecule has 0 saturated heterocycles. The second-order valence-electron chi connectivity index (χ2n) is 7.75. The lowest BCUT2D eigenvalue weighted by atomic mass is 9.98. The van der Waals surface area contributed by atoms with Crippen LogP contribution >= 0.6 is 11.8 Å². The minimum absolute atomic E-state index is 0.122.